The SMILES string of the molecule is COc1ccc(Cl)cc1-c1c(-n2cccn2)cnn1CC1CCCO1. The molecular formula is C18H19ClN4O2. The highest BCUT2D eigenvalue weighted by Crippen LogP contribution is 2.36. The van der Waals surface area contributed by atoms with Gasteiger partial charge in [-0.15, -0.1) is 0 Å². The lowest BCUT2D eigenvalue weighted by molar-refractivity contribution is 0.0944. The fraction of sp³-hybridized carbons (Fsp3) is 0.333. The minimum atomic E-state index is 0.175. The van der Waals surface area contributed by atoms with E-state index >= 15 is 0 Å². The van der Waals surface area contributed by atoms with Gasteiger partial charge in [0.25, 0.3) is 0 Å². The summed E-state index contributed by atoms with van der Waals surface area (Å²) >= 11 is 6.26. The van der Waals surface area contributed by atoms with Crippen LogP contribution in [0, 0.1) is 0 Å². The first-order valence-electron chi connectivity index (χ1n) is 8.27. The molecule has 0 saturated carbocycles. The van der Waals surface area contributed by atoms with Gasteiger partial charge in [0.1, 0.15) is 11.4 Å². The molecule has 3 heterocycles. The van der Waals surface area contributed by atoms with Crippen molar-refractivity contribution in [1.29, 1.82) is 0 Å². The van der Waals surface area contributed by atoms with E-state index in [9.17, 15) is 0 Å². The number of nitrogens with zero attached hydrogens (tertiary/aromatic N) is 4. The maximum absolute atomic E-state index is 6.26. The Morgan fingerprint density at radius 3 is 3.00 bits per heavy atom. The number of methoxy groups -OCH3 is 1. The molecule has 6 nitrogen and oxygen atoms in total. The molecule has 1 aliphatic heterocycles. The summed E-state index contributed by atoms with van der Waals surface area (Å²) in [5.74, 6) is 0.742. The maximum atomic E-state index is 6.26. The zero-order valence-corrected chi connectivity index (χ0v) is 14.7. The highest BCUT2D eigenvalue weighted by atomic mass is 35.5. The lowest BCUT2D eigenvalue weighted by Gasteiger charge is -2.16. The number of ether oxygens (including phenoxy) is 2. The molecule has 1 fully saturated rings. The number of halogens is 1. The molecule has 2 aromatic heterocycles. The molecule has 1 aromatic carbocycles. The van der Waals surface area contributed by atoms with Gasteiger partial charge in [-0.25, -0.2) is 4.68 Å². The summed E-state index contributed by atoms with van der Waals surface area (Å²) in [6, 6.07) is 7.47. The van der Waals surface area contributed by atoms with Crippen molar-refractivity contribution >= 4 is 11.6 Å². The van der Waals surface area contributed by atoms with E-state index in [1.165, 1.54) is 0 Å². The average molecular weight is 359 g/mol. The van der Waals surface area contributed by atoms with Crippen LogP contribution in [-0.4, -0.2) is 39.4 Å². The Hall–Kier alpha value is -2.31. The van der Waals surface area contributed by atoms with Crippen LogP contribution in [0.2, 0.25) is 5.02 Å². The lowest BCUT2D eigenvalue weighted by atomic mass is 10.1. The van der Waals surface area contributed by atoms with Gasteiger partial charge in [0.15, 0.2) is 0 Å². The second-order valence-electron chi connectivity index (χ2n) is 5.99. The quantitative estimate of drug-likeness (QED) is 0.699. The molecule has 1 atom stereocenters. The van der Waals surface area contributed by atoms with E-state index in [4.69, 9.17) is 21.1 Å². The highest BCUT2D eigenvalue weighted by Gasteiger charge is 2.23. The largest absolute Gasteiger partial charge is 0.496 e. The summed E-state index contributed by atoms with van der Waals surface area (Å²) in [5, 5.41) is 9.59. The Bertz CT molecular complexity index is 854. The number of hydrogen-bond acceptors (Lipinski definition) is 4. The van der Waals surface area contributed by atoms with Crippen molar-refractivity contribution in [2.75, 3.05) is 13.7 Å². The van der Waals surface area contributed by atoms with E-state index in [1.807, 2.05) is 41.3 Å². The third-order valence-electron chi connectivity index (χ3n) is 4.39. The Labute approximate surface area is 150 Å². The first-order valence-corrected chi connectivity index (χ1v) is 8.65. The summed E-state index contributed by atoms with van der Waals surface area (Å²) < 4.78 is 15.1. The molecule has 0 aliphatic carbocycles. The summed E-state index contributed by atoms with van der Waals surface area (Å²) in [6.07, 6.45) is 7.77. The van der Waals surface area contributed by atoms with E-state index < -0.39 is 0 Å². The number of benzene rings is 1. The molecule has 0 spiro atoms. The average Bonchev–Trinajstić information content (AvgIpc) is 3.37. The van der Waals surface area contributed by atoms with Crippen LogP contribution >= 0.6 is 11.6 Å². The number of hydrogen-bond donors (Lipinski definition) is 0. The highest BCUT2D eigenvalue weighted by molar-refractivity contribution is 6.31. The topological polar surface area (TPSA) is 54.1 Å². The minimum absolute atomic E-state index is 0.175. The molecule has 0 radical (unpaired) electrons. The molecule has 0 N–H and O–H groups in total. The second-order valence-corrected chi connectivity index (χ2v) is 6.43. The molecule has 1 aliphatic rings. The van der Waals surface area contributed by atoms with Gasteiger partial charge in [-0.05, 0) is 37.1 Å². The van der Waals surface area contributed by atoms with Crippen molar-refractivity contribution in [3.8, 4) is 22.7 Å². The van der Waals surface area contributed by atoms with Gasteiger partial charge in [-0.3, -0.25) is 4.68 Å². The minimum Gasteiger partial charge on any atom is -0.496 e. The molecule has 0 bridgehead atoms. The van der Waals surface area contributed by atoms with Crippen LogP contribution in [0.15, 0.2) is 42.9 Å². The third kappa shape index (κ3) is 3.15. The van der Waals surface area contributed by atoms with Gasteiger partial charge in [0.05, 0.1) is 31.6 Å². The zero-order valence-electron chi connectivity index (χ0n) is 13.9. The van der Waals surface area contributed by atoms with Crippen LogP contribution in [0.5, 0.6) is 5.75 Å². The Morgan fingerprint density at radius 2 is 2.28 bits per heavy atom. The normalized spacial score (nSPS) is 17.1. The van der Waals surface area contributed by atoms with Crippen LogP contribution in [0.1, 0.15) is 12.8 Å². The van der Waals surface area contributed by atoms with Crippen LogP contribution in [-0.2, 0) is 11.3 Å². The molecule has 0 amide bonds. The molecule has 4 rings (SSSR count). The predicted octanol–water partition coefficient (Wildman–Crippen LogP) is 3.58. The first-order chi connectivity index (χ1) is 12.3. The molecule has 25 heavy (non-hydrogen) atoms. The van der Waals surface area contributed by atoms with Gasteiger partial charge in [0.2, 0.25) is 0 Å². The molecule has 7 heteroatoms. The molecular weight excluding hydrogens is 340 g/mol. The summed E-state index contributed by atoms with van der Waals surface area (Å²) in [6.45, 7) is 1.50. The molecule has 1 saturated heterocycles. The standard InChI is InChI=1S/C18H19ClN4O2/c1-24-17-6-5-13(19)10-15(17)18-16(22-8-3-7-20-22)11-21-23(18)12-14-4-2-9-25-14/h3,5-8,10-11,14H,2,4,9,12H2,1H3. The molecule has 3 aromatic rings. The fourth-order valence-corrected chi connectivity index (χ4v) is 3.39. The van der Waals surface area contributed by atoms with Crippen molar-refractivity contribution in [3.63, 3.8) is 0 Å². The van der Waals surface area contributed by atoms with Crippen molar-refractivity contribution in [2.24, 2.45) is 0 Å². The van der Waals surface area contributed by atoms with Crippen LogP contribution in [0.4, 0.5) is 0 Å². The van der Waals surface area contributed by atoms with Crippen molar-refractivity contribution < 1.29 is 9.47 Å². The van der Waals surface area contributed by atoms with Gasteiger partial charge in [0, 0.05) is 29.6 Å². The smallest absolute Gasteiger partial charge is 0.128 e. The van der Waals surface area contributed by atoms with E-state index in [1.54, 1.807) is 18.0 Å². The predicted molar refractivity (Wildman–Crippen MR) is 95.3 cm³/mol. The van der Waals surface area contributed by atoms with Gasteiger partial charge in [-0.1, -0.05) is 11.6 Å². The van der Waals surface area contributed by atoms with Gasteiger partial charge >= 0.3 is 0 Å². The van der Waals surface area contributed by atoms with Crippen LogP contribution < -0.4 is 4.74 Å². The monoisotopic (exact) mass is 358 g/mol. The second kappa shape index (κ2) is 6.90. The summed E-state index contributed by atoms with van der Waals surface area (Å²) in [7, 11) is 1.65. The van der Waals surface area contributed by atoms with E-state index in [0.717, 1.165) is 42.1 Å². The first kappa shape index (κ1) is 16.2. The number of rotatable bonds is 5. The summed E-state index contributed by atoms with van der Waals surface area (Å²) in [5.41, 5.74) is 2.68. The van der Waals surface area contributed by atoms with Crippen LogP contribution in [0.3, 0.4) is 0 Å². The van der Waals surface area contributed by atoms with Gasteiger partial charge in [-0.2, -0.15) is 10.2 Å². The van der Waals surface area contributed by atoms with E-state index in [-0.39, 0.29) is 6.10 Å². The van der Waals surface area contributed by atoms with Crippen molar-refractivity contribution in [1.82, 2.24) is 19.6 Å². The van der Waals surface area contributed by atoms with Crippen molar-refractivity contribution in [3.05, 3.63) is 47.9 Å². The van der Waals surface area contributed by atoms with Gasteiger partial charge < -0.3 is 9.47 Å². The fourth-order valence-electron chi connectivity index (χ4n) is 3.22. The molecule has 130 valence electrons. The zero-order chi connectivity index (χ0) is 17.2. The third-order valence-corrected chi connectivity index (χ3v) is 4.62. The lowest BCUT2D eigenvalue weighted by Crippen LogP contribution is -2.17. The van der Waals surface area contributed by atoms with E-state index in [2.05, 4.69) is 10.2 Å². The Kier molecular flexibility index (Phi) is 4.46. The number of aromatic nitrogens is 4. The Morgan fingerprint density at radius 1 is 1.36 bits per heavy atom. The van der Waals surface area contributed by atoms with Crippen LogP contribution in [0.25, 0.3) is 16.9 Å². The Balaban J connectivity index is 1.85. The summed E-state index contributed by atoms with van der Waals surface area (Å²) in [4.78, 5) is 0. The van der Waals surface area contributed by atoms with Crippen molar-refractivity contribution in [2.45, 2.75) is 25.5 Å². The maximum Gasteiger partial charge on any atom is 0.128 e. The van der Waals surface area contributed by atoms with E-state index in [0.29, 0.717) is 11.6 Å². The molecule has 1 unspecified atom stereocenters.